The van der Waals surface area contributed by atoms with Crippen molar-refractivity contribution < 1.29 is 9.53 Å². The molecule has 2 nitrogen and oxygen atoms in total. The number of fused-ring (bicyclic) bond motifs is 1. The van der Waals surface area contributed by atoms with Gasteiger partial charge in [-0.05, 0) is 50.4 Å². The number of carbonyl (C=O) groups is 1. The lowest BCUT2D eigenvalue weighted by molar-refractivity contribution is -0.134. The van der Waals surface area contributed by atoms with Crippen LogP contribution in [0.5, 0.6) is 0 Å². The van der Waals surface area contributed by atoms with E-state index >= 15 is 0 Å². The summed E-state index contributed by atoms with van der Waals surface area (Å²) >= 11 is 0. The van der Waals surface area contributed by atoms with E-state index in [4.69, 9.17) is 4.74 Å². The Labute approximate surface area is 91.4 Å². The summed E-state index contributed by atoms with van der Waals surface area (Å²) in [7, 11) is 0. The molecule has 2 aliphatic carbocycles. The molecule has 2 heteroatoms. The minimum Gasteiger partial charge on any atom is -0.364 e. The number of carbonyl (C=O) groups excluding carboxylic acids is 1. The second kappa shape index (κ2) is 3.31. The average Bonchev–Trinajstić information content (AvgIpc) is 2.93. The lowest BCUT2D eigenvalue weighted by Crippen LogP contribution is -2.42. The summed E-state index contributed by atoms with van der Waals surface area (Å²) in [6.07, 6.45) is 12.3. The molecule has 84 valence electrons. The van der Waals surface area contributed by atoms with E-state index in [1.165, 1.54) is 44.9 Å². The van der Waals surface area contributed by atoms with E-state index in [2.05, 4.69) is 0 Å². The van der Waals surface area contributed by atoms with Gasteiger partial charge in [0.15, 0.2) is 0 Å². The largest absolute Gasteiger partial charge is 0.364 e. The smallest absolute Gasteiger partial charge is 0.148 e. The van der Waals surface area contributed by atoms with E-state index in [0.29, 0.717) is 5.41 Å². The van der Waals surface area contributed by atoms with Gasteiger partial charge < -0.3 is 9.53 Å². The van der Waals surface area contributed by atoms with Crippen molar-refractivity contribution in [2.24, 2.45) is 5.41 Å². The molecule has 3 fully saturated rings. The lowest BCUT2D eigenvalue weighted by atomic mass is 9.71. The van der Waals surface area contributed by atoms with Gasteiger partial charge in [0.25, 0.3) is 0 Å². The molecule has 0 radical (unpaired) electrons. The number of hydrogen-bond donors (Lipinski definition) is 0. The maximum Gasteiger partial charge on any atom is 0.148 e. The monoisotopic (exact) mass is 208 g/mol. The second-order valence-electron chi connectivity index (χ2n) is 5.67. The first kappa shape index (κ1) is 9.83. The number of rotatable bonds is 1. The molecule has 3 aliphatic rings. The van der Waals surface area contributed by atoms with Gasteiger partial charge in [-0.3, -0.25) is 0 Å². The van der Waals surface area contributed by atoms with Crippen LogP contribution < -0.4 is 0 Å². The first-order valence-electron chi connectivity index (χ1n) is 6.43. The Morgan fingerprint density at radius 1 is 1.00 bits per heavy atom. The first-order chi connectivity index (χ1) is 7.30. The van der Waals surface area contributed by atoms with Crippen molar-refractivity contribution in [2.75, 3.05) is 0 Å². The van der Waals surface area contributed by atoms with Crippen molar-refractivity contribution in [3.63, 3.8) is 0 Å². The van der Waals surface area contributed by atoms with E-state index in [1.54, 1.807) is 0 Å². The van der Waals surface area contributed by atoms with Crippen LogP contribution in [0.4, 0.5) is 0 Å². The topological polar surface area (TPSA) is 26.3 Å². The summed E-state index contributed by atoms with van der Waals surface area (Å²) in [5.74, 6) is 0. The number of aldehydes is 1. The standard InChI is InChI=1S/C13H20O2/c14-10-11-4-9-13(15-11)8-3-7-12(13)5-1-2-6-12/h10-11H,1-9H2. The van der Waals surface area contributed by atoms with Gasteiger partial charge in [-0.15, -0.1) is 0 Å². The molecule has 0 aromatic rings. The number of ether oxygens (including phenoxy) is 1. The van der Waals surface area contributed by atoms with Gasteiger partial charge >= 0.3 is 0 Å². The lowest BCUT2D eigenvalue weighted by Gasteiger charge is -2.40. The quantitative estimate of drug-likeness (QED) is 0.619. The molecule has 2 unspecified atom stereocenters. The number of hydrogen-bond acceptors (Lipinski definition) is 2. The molecule has 1 saturated heterocycles. The van der Waals surface area contributed by atoms with Crippen LogP contribution >= 0.6 is 0 Å². The molecule has 0 amide bonds. The minimum absolute atomic E-state index is 0.0967. The predicted molar refractivity (Wildman–Crippen MR) is 57.7 cm³/mol. The first-order valence-corrected chi connectivity index (χ1v) is 6.43. The Morgan fingerprint density at radius 2 is 1.73 bits per heavy atom. The van der Waals surface area contributed by atoms with Crippen LogP contribution in [0.3, 0.4) is 0 Å². The maximum atomic E-state index is 10.8. The highest BCUT2D eigenvalue weighted by Gasteiger charge is 2.59. The van der Waals surface area contributed by atoms with Crippen molar-refractivity contribution in [2.45, 2.75) is 69.5 Å². The second-order valence-corrected chi connectivity index (χ2v) is 5.67. The molecular formula is C13H20O2. The molecule has 2 spiro atoms. The fourth-order valence-electron chi connectivity index (χ4n) is 4.42. The van der Waals surface area contributed by atoms with Crippen LogP contribution in [0.2, 0.25) is 0 Å². The predicted octanol–water partition coefficient (Wildman–Crippen LogP) is 2.85. The van der Waals surface area contributed by atoms with Gasteiger partial charge in [0.05, 0.1) is 5.60 Å². The zero-order valence-electron chi connectivity index (χ0n) is 9.34. The van der Waals surface area contributed by atoms with E-state index in [1.807, 2.05) is 0 Å². The third-order valence-corrected chi connectivity index (χ3v) is 5.12. The van der Waals surface area contributed by atoms with Gasteiger partial charge in [0, 0.05) is 0 Å². The van der Waals surface area contributed by atoms with Gasteiger partial charge in [-0.2, -0.15) is 0 Å². The van der Waals surface area contributed by atoms with Crippen molar-refractivity contribution in [3.05, 3.63) is 0 Å². The summed E-state index contributed by atoms with van der Waals surface area (Å²) in [5.41, 5.74) is 0.569. The van der Waals surface area contributed by atoms with Gasteiger partial charge in [-0.25, -0.2) is 0 Å². The SMILES string of the molecule is O=CC1CCC2(CCCC23CCCC3)O1. The van der Waals surface area contributed by atoms with Gasteiger partial charge in [0.2, 0.25) is 0 Å². The van der Waals surface area contributed by atoms with E-state index in [-0.39, 0.29) is 11.7 Å². The highest BCUT2D eigenvalue weighted by Crippen LogP contribution is 2.62. The molecule has 1 heterocycles. The van der Waals surface area contributed by atoms with E-state index < -0.39 is 0 Å². The summed E-state index contributed by atoms with van der Waals surface area (Å²) in [6, 6.07) is 0. The fourth-order valence-corrected chi connectivity index (χ4v) is 4.42. The van der Waals surface area contributed by atoms with Crippen molar-refractivity contribution >= 4 is 6.29 Å². The molecule has 2 atom stereocenters. The Morgan fingerprint density at radius 3 is 2.40 bits per heavy atom. The molecule has 3 rings (SSSR count). The molecule has 0 aromatic heterocycles. The van der Waals surface area contributed by atoms with Gasteiger partial charge in [0.1, 0.15) is 12.4 Å². The molecule has 0 aromatic carbocycles. The van der Waals surface area contributed by atoms with Crippen LogP contribution in [0, 0.1) is 5.41 Å². The van der Waals surface area contributed by atoms with E-state index in [9.17, 15) is 4.79 Å². The van der Waals surface area contributed by atoms with Crippen LogP contribution in [0.15, 0.2) is 0 Å². The van der Waals surface area contributed by atoms with Crippen molar-refractivity contribution in [1.82, 2.24) is 0 Å². The van der Waals surface area contributed by atoms with Crippen molar-refractivity contribution in [3.8, 4) is 0 Å². The molecule has 15 heavy (non-hydrogen) atoms. The van der Waals surface area contributed by atoms with Crippen LogP contribution in [-0.4, -0.2) is 18.0 Å². The zero-order valence-corrected chi connectivity index (χ0v) is 9.34. The molecule has 1 aliphatic heterocycles. The highest BCUT2D eigenvalue weighted by molar-refractivity contribution is 5.56. The third-order valence-electron chi connectivity index (χ3n) is 5.12. The Hall–Kier alpha value is -0.370. The van der Waals surface area contributed by atoms with Crippen LogP contribution in [0.1, 0.15) is 57.8 Å². The summed E-state index contributed by atoms with van der Waals surface area (Å²) in [6.45, 7) is 0. The average molecular weight is 208 g/mol. The normalized spacial score (nSPS) is 43.1. The minimum atomic E-state index is -0.0967. The van der Waals surface area contributed by atoms with Crippen LogP contribution in [-0.2, 0) is 9.53 Å². The molecule has 2 saturated carbocycles. The third kappa shape index (κ3) is 1.24. The van der Waals surface area contributed by atoms with Gasteiger partial charge in [-0.1, -0.05) is 12.8 Å². The summed E-state index contributed by atoms with van der Waals surface area (Å²) in [5, 5.41) is 0. The van der Waals surface area contributed by atoms with E-state index in [0.717, 1.165) is 19.1 Å². The zero-order chi connectivity index (χ0) is 10.4. The summed E-state index contributed by atoms with van der Waals surface area (Å²) in [4.78, 5) is 10.8. The highest BCUT2D eigenvalue weighted by atomic mass is 16.5. The Kier molecular flexibility index (Phi) is 2.17. The Bertz CT molecular complexity index is 262. The molecule has 0 bridgehead atoms. The summed E-state index contributed by atoms with van der Waals surface area (Å²) < 4.78 is 6.13. The maximum absolute atomic E-state index is 10.8. The van der Waals surface area contributed by atoms with Crippen molar-refractivity contribution in [1.29, 1.82) is 0 Å². The molecule has 0 N–H and O–H groups in total. The fraction of sp³-hybridized carbons (Fsp3) is 0.923. The van der Waals surface area contributed by atoms with Crippen LogP contribution in [0.25, 0.3) is 0 Å². The molecular weight excluding hydrogens is 188 g/mol. The Balaban J connectivity index is 1.87.